The number of amides is 2. The minimum absolute atomic E-state index is 0.0135. The van der Waals surface area contributed by atoms with Crippen molar-refractivity contribution in [3.8, 4) is 5.88 Å². The molecule has 2 heterocycles. The molecule has 2 atom stereocenters. The zero-order chi connectivity index (χ0) is 23.4. The summed E-state index contributed by atoms with van der Waals surface area (Å²) in [5.74, 6) is 0.309. The molecule has 7 nitrogen and oxygen atoms in total. The maximum Gasteiger partial charge on any atom is 0.247 e. The first-order valence-corrected chi connectivity index (χ1v) is 12.1. The lowest BCUT2D eigenvalue weighted by Crippen LogP contribution is -2.36. The number of hydrogen-bond acceptors (Lipinski definition) is 6. The molecule has 3 aromatic rings. The monoisotopic (exact) mass is 484 g/mol. The summed E-state index contributed by atoms with van der Waals surface area (Å²) >= 11 is 7.51. The highest BCUT2D eigenvalue weighted by molar-refractivity contribution is 7.99. The fourth-order valence-corrected chi connectivity index (χ4v) is 5.22. The van der Waals surface area contributed by atoms with Gasteiger partial charge in [0.25, 0.3) is 0 Å². The Kier molecular flexibility index (Phi) is 7.35. The lowest BCUT2D eigenvalue weighted by atomic mass is 9.99. The van der Waals surface area contributed by atoms with Crippen LogP contribution in [-0.4, -0.2) is 59.7 Å². The second kappa shape index (κ2) is 10.4. The van der Waals surface area contributed by atoms with Gasteiger partial charge in [-0.15, -0.1) is 0 Å². The largest absolute Gasteiger partial charge is 0.479 e. The van der Waals surface area contributed by atoms with Gasteiger partial charge in [0, 0.05) is 30.9 Å². The van der Waals surface area contributed by atoms with Gasteiger partial charge in [-0.3, -0.25) is 9.59 Å². The molecule has 1 N–H and O–H groups in total. The standard InChI is InChI=1S/C24H25ClN4O3S/c1-26-21(30)16-10-11-29(13-16)24(31)18(15-6-4-3-5-7-15)14-33-23-22(32-2)27-20-12-17(25)8-9-19(20)28-23/h3-9,12,16,18H,10-11,13-14H2,1-2H3,(H,26,30)/t16-,18?/m0/s1. The zero-order valence-electron chi connectivity index (χ0n) is 18.5. The van der Waals surface area contributed by atoms with E-state index >= 15 is 0 Å². The summed E-state index contributed by atoms with van der Waals surface area (Å²) < 4.78 is 5.47. The summed E-state index contributed by atoms with van der Waals surface area (Å²) in [6.07, 6.45) is 0.673. The van der Waals surface area contributed by atoms with Gasteiger partial charge in [-0.2, -0.15) is 0 Å². The number of carbonyl (C=O) groups excluding carboxylic acids is 2. The molecule has 9 heteroatoms. The minimum Gasteiger partial charge on any atom is -0.479 e. The number of thioether (sulfide) groups is 1. The van der Waals surface area contributed by atoms with E-state index in [2.05, 4.69) is 10.3 Å². The van der Waals surface area contributed by atoms with Crippen molar-refractivity contribution in [2.45, 2.75) is 17.4 Å². The normalized spacial score (nSPS) is 16.6. The molecule has 1 aromatic heterocycles. The molecule has 2 amide bonds. The molecule has 0 saturated carbocycles. The Bertz CT molecular complexity index is 1160. The van der Waals surface area contributed by atoms with Crippen LogP contribution in [0.2, 0.25) is 5.02 Å². The summed E-state index contributed by atoms with van der Waals surface area (Å²) in [6, 6.07) is 15.0. The molecule has 1 aliphatic rings. The number of nitrogens with zero attached hydrogens (tertiary/aromatic N) is 3. The van der Waals surface area contributed by atoms with Crippen LogP contribution in [0, 0.1) is 5.92 Å². The van der Waals surface area contributed by atoms with Gasteiger partial charge in [0.05, 0.1) is 30.0 Å². The molecule has 1 aliphatic heterocycles. The minimum atomic E-state index is -0.382. The van der Waals surface area contributed by atoms with Gasteiger partial charge in [-0.1, -0.05) is 53.7 Å². The molecule has 0 aliphatic carbocycles. The lowest BCUT2D eigenvalue weighted by molar-refractivity contribution is -0.131. The van der Waals surface area contributed by atoms with E-state index in [0.717, 1.165) is 5.56 Å². The van der Waals surface area contributed by atoms with Gasteiger partial charge >= 0.3 is 0 Å². The molecule has 1 saturated heterocycles. The third-order valence-corrected chi connectivity index (χ3v) is 7.04. The lowest BCUT2D eigenvalue weighted by Gasteiger charge is -2.24. The maximum absolute atomic E-state index is 13.5. The van der Waals surface area contributed by atoms with Gasteiger partial charge in [0.1, 0.15) is 0 Å². The molecule has 1 unspecified atom stereocenters. The third-order valence-electron chi connectivity index (χ3n) is 5.76. The summed E-state index contributed by atoms with van der Waals surface area (Å²) in [4.78, 5) is 36.6. The van der Waals surface area contributed by atoms with Crippen molar-refractivity contribution < 1.29 is 14.3 Å². The fraction of sp³-hybridized carbons (Fsp3) is 0.333. The van der Waals surface area contributed by atoms with Crippen LogP contribution in [-0.2, 0) is 9.59 Å². The van der Waals surface area contributed by atoms with Crippen LogP contribution < -0.4 is 10.1 Å². The van der Waals surface area contributed by atoms with E-state index in [1.807, 2.05) is 36.4 Å². The second-order valence-corrected chi connectivity index (χ2v) is 9.27. The molecule has 1 fully saturated rings. The number of aromatic nitrogens is 2. The Morgan fingerprint density at radius 3 is 2.73 bits per heavy atom. The Morgan fingerprint density at radius 2 is 2.00 bits per heavy atom. The van der Waals surface area contributed by atoms with Crippen molar-refractivity contribution in [2.24, 2.45) is 5.92 Å². The van der Waals surface area contributed by atoms with Crippen LogP contribution in [0.5, 0.6) is 5.88 Å². The van der Waals surface area contributed by atoms with E-state index in [1.54, 1.807) is 31.2 Å². The Morgan fingerprint density at radius 1 is 1.21 bits per heavy atom. The van der Waals surface area contributed by atoms with Crippen molar-refractivity contribution in [1.29, 1.82) is 0 Å². The average Bonchev–Trinajstić information content (AvgIpc) is 3.34. The summed E-state index contributed by atoms with van der Waals surface area (Å²) in [6.45, 7) is 1.01. The number of methoxy groups -OCH3 is 1. The van der Waals surface area contributed by atoms with E-state index in [9.17, 15) is 9.59 Å². The van der Waals surface area contributed by atoms with Crippen LogP contribution in [0.3, 0.4) is 0 Å². The predicted molar refractivity (Wildman–Crippen MR) is 130 cm³/mol. The Labute approximate surface area is 201 Å². The molecule has 33 heavy (non-hydrogen) atoms. The van der Waals surface area contributed by atoms with Crippen LogP contribution in [0.25, 0.3) is 11.0 Å². The number of nitrogens with one attached hydrogen (secondary N) is 1. The van der Waals surface area contributed by atoms with Crippen LogP contribution >= 0.6 is 23.4 Å². The molecular weight excluding hydrogens is 460 g/mol. The molecule has 4 rings (SSSR count). The summed E-state index contributed by atoms with van der Waals surface area (Å²) in [7, 11) is 3.18. The molecule has 2 aromatic carbocycles. The third kappa shape index (κ3) is 5.23. The highest BCUT2D eigenvalue weighted by Crippen LogP contribution is 2.34. The number of hydrogen-bond donors (Lipinski definition) is 1. The van der Waals surface area contributed by atoms with E-state index < -0.39 is 0 Å². The SMILES string of the molecule is CNC(=O)[C@H]1CCN(C(=O)C(CSc2nc3ccc(Cl)cc3nc2OC)c2ccccc2)C1. The molecule has 0 bridgehead atoms. The number of rotatable bonds is 7. The van der Waals surface area contributed by atoms with E-state index in [-0.39, 0.29) is 23.7 Å². The fourth-order valence-electron chi connectivity index (χ4n) is 3.98. The van der Waals surface area contributed by atoms with Gasteiger partial charge in [-0.05, 0) is 30.2 Å². The predicted octanol–water partition coefficient (Wildman–Crippen LogP) is 3.76. The number of benzene rings is 2. The van der Waals surface area contributed by atoms with Crippen molar-refractivity contribution in [2.75, 3.05) is 33.0 Å². The highest BCUT2D eigenvalue weighted by Gasteiger charge is 2.34. The number of likely N-dealkylation sites (tertiary alicyclic amines) is 1. The first-order valence-electron chi connectivity index (χ1n) is 10.7. The summed E-state index contributed by atoms with van der Waals surface area (Å²) in [5.41, 5.74) is 2.29. The number of carbonyl (C=O) groups is 2. The van der Waals surface area contributed by atoms with Crippen molar-refractivity contribution in [1.82, 2.24) is 20.2 Å². The zero-order valence-corrected chi connectivity index (χ0v) is 20.0. The molecule has 0 radical (unpaired) electrons. The number of fused-ring (bicyclic) bond motifs is 1. The quantitative estimate of drug-likeness (QED) is 0.514. The molecular formula is C24H25ClN4O3S. The maximum atomic E-state index is 13.5. The van der Waals surface area contributed by atoms with Gasteiger partial charge < -0.3 is 15.0 Å². The average molecular weight is 485 g/mol. The Balaban J connectivity index is 1.57. The van der Waals surface area contributed by atoms with E-state index in [0.29, 0.717) is 52.2 Å². The van der Waals surface area contributed by atoms with Gasteiger partial charge in [-0.25, -0.2) is 9.97 Å². The molecule has 172 valence electrons. The van der Waals surface area contributed by atoms with Crippen LogP contribution in [0.4, 0.5) is 0 Å². The highest BCUT2D eigenvalue weighted by atomic mass is 35.5. The summed E-state index contributed by atoms with van der Waals surface area (Å²) in [5, 5.41) is 3.88. The van der Waals surface area contributed by atoms with Crippen LogP contribution in [0.1, 0.15) is 17.9 Å². The topological polar surface area (TPSA) is 84.4 Å². The number of halogens is 1. The van der Waals surface area contributed by atoms with Crippen molar-refractivity contribution in [3.05, 3.63) is 59.1 Å². The first kappa shape index (κ1) is 23.3. The van der Waals surface area contributed by atoms with Crippen molar-refractivity contribution in [3.63, 3.8) is 0 Å². The first-order chi connectivity index (χ1) is 16.0. The van der Waals surface area contributed by atoms with Crippen molar-refractivity contribution >= 4 is 46.2 Å². The van der Waals surface area contributed by atoms with E-state index in [4.69, 9.17) is 21.3 Å². The van der Waals surface area contributed by atoms with E-state index in [1.165, 1.54) is 11.8 Å². The van der Waals surface area contributed by atoms with Gasteiger partial charge in [0.15, 0.2) is 5.03 Å². The van der Waals surface area contributed by atoms with Gasteiger partial charge in [0.2, 0.25) is 17.7 Å². The smallest absolute Gasteiger partial charge is 0.247 e. The Hall–Kier alpha value is -2.84. The molecule has 0 spiro atoms. The number of ether oxygens (including phenoxy) is 1. The second-order valence-electron chi connectivity index (χ2n) is 7.83. The van der Waals surface area contributed by atoms with Crippen LogP contribution in [0.15, 0.2) is 53.6 Å².